The minimum Gasteiger partial charge on any atom is -0.314 e. The average Bonchev–Trinajstić information content (AvgIpc) is 2.46. The zero-order valence-electron chi connectivity index (χ0n) is 9.27. The van der Waals surface area contributed by atoms with Crippen molar-refractivity contribution < 1.29 is 8.78 Å². The van der Waals surface area contributed by atoms with Gasteiger partial charge in [0.2, 0.25) is 5.92 Å². The van der Waals surface area contributed by atoms with Crippen LogP contribution in [0.3, 0.4) is 0 Å². The highest BCUT2D eigenvalue weighted by atomic mass is 19.3. The van der Waals surface area contributed by atoms with Gasteiger partial charge in [-0.25, -0.2) is 8.78 Å². The number of alkyl halides is 2. The summed E-state index contributed by atoms with van der Waals surface area (Å²) in [6.45, 7) is 1.08. The van der Waals surface area contributed by atoms with Crippen molar-refractivity contribution in [3.63, 3.8) is 0 Å². The molecule has 3 heteroatoms. The minimum atomic E-state index is -2.37. The lowest BCUT2D eigenvalue weighted by atomic mass is 9.81. The van der Waals surface area contributed by atoms with Crippen LogP contribution in [0.5, 0.6) is 0 Å². The first-order valence-electron chi connectivity index (χ1n) is 6.29. The SMILES string of the molecule is FC1(F)CCC(C2CCCCCN2)CC1. The molecule has 0 radical (unpaired) electrons. The molecule has 0 amide bonds. The molecule has 1 heterocycles. The quantitative estimate of drug-likeness (QED) is 0.710. The summed E-state index contributed by atoms with van der Waals surface area (Å²) in [5.74, 6) is -1.87. The minimum absolute atomic E-state index is 0.107. The molecule has 1 atom stereocenters. The van der Waals surface area contributed by atoms with Crippen LogP contribution in [0, 0.1) is 5.92 Å². The predicted molar refractivity (Wildman–Crippen MR) is 57.2 cm³/mol. The van der Waals surface area contributed by atoms with E-state index in [1.165, 1.54) is 25.7 Å². The van der Waals surface area contributed by atoms with Gasteiger partial charge in [-0.05, 0) is 38.1 Å². The maximum atomic E-state index is 13.0. The van der Waals surface area contributed by atoms with Gasteiger partial charge in [-0.1, -0.05) is 12.8 Å². The first-order valence-corrected chi connectivity index (χ1v) is 6.29. The van der Waals surface area contributed by atoms with Gasteiger partial charge in [-0.15, -0.1) is 0 Å². The number of rotatable bonds is 1. The largest absolute Gasteiger partial charge is 0.314 e. The van der Waals surface area contributed by atoms with E-state index in [9.17, 15) is 8.78 Å². The fourth-order valence-corrected chi connectivity index (χ4v) is 2.92. The van der Waals surface area contributed by atoms with Crippen molar-refractivity contribution in [2.45, 2.75) is 63.3 Å². The Morgan fingerprint density at radius 2 is 1.67 bits per heavy atom. The predicted octanol–water partition coefficient (Wildman–Crippen LogP) is 3.34. The molecule has 0 bridgehead atoms. The van der Waals surface area contributed by atoms with E-state index >= 15 is 0 Å². The second-order valence-electron chi connectivity index (χ2n) is 5.10. The molecule has 1 N–H and O–H groups in total. The summed E-state index contributed by atoms with van der Waals surface area (Å²) in [6.07, 6.45) is 6.65. The van der Waals surface area contributed by atoms with E-state index in [0.717, 1.165) is 6.54 Å². The second-order valence-corrected chi connectivity index (χ2v) is 5.10. The molecule has 2 fully saturated rings. The summed E-state index contributed by atoms with van der Waals surface area (Å²) in [7, 11) is 0. The molecule has 0 aromatic rings. The van der Waals surface area contributed by atoms with E-state index in [2.05, 4.69) is 5.32 Å². The smallest absolute Gasteiger partial charge is 0.248 e. The van der Waals surface area contributed by atoms with Crippen molar-refractivity contribution in [2.75, 3.05) is 6.54 Å². The van der Waals surface area contributed by atoms with Crippen molar-refractivity contribution in [1.82, 2.24) is 5.32 Å². The third-order valence-electron chi connectivity index (χ3n) is 3.93. The van der Waals surface area contributed by atoms with Crippen LogP contribution in [0.4, 0.5) is 8.78 Å². The van der Waals surface area contributed by atoms with E-state index < -0.39 is 5.92 Å². The molecule has 0 spiro atoms. The Hall–Kier alpha value is -0.180. The first kappa shape index (κ1) is 11.3. The van der Waals surface area contributed by atoms with Crippen LogP contribution in [0.15, 0.2) is 0 Å². The lowest BCUT2D eigenvalue weighted by Gasteiger charge is -2.33. The highest BCUT2D eigenvalue weighted by Crippen LogP contribution is 2.38. The summed E-state index contributed by atoms with van der Waals surface area (Å²) in [6, 6.07) is 0.517. The monoisotopic (exact) mass is 217 g/mol. The molecule has 1 saturated heterocycles. The summed E-state index contributed by atoms with van der Waals surface area (Å²) < 4.78 is 26.0. The van der Waals surface area contributed by atoms with Gasteiger partial charge in [0.15, 0.2) is 0 Å². The molecule has 1 saturated carbocycles. The van der Waals surface area contributed by atoms with Crippen LogP contribution < -0.4 is 5.32 Å². The van der Waals surface area contributed by atoms with E-state index in [1.807, 2.05) is 0 Å². The van der Waals surface area contributed by atoms with E-state index in [1.54, 1.807) is 0 Å². The van der Waals surface area contributed by atoms with Gasteiger partial charge in [0.05, 0.1) is 0 Å². The number of nitrogens with one attached hydrogen (secondary N) is 1. The average molecular weight is 217 g/mol. The van der Waals surface area contributed by atoms with Crippen LogP contribution in [-0.2, 0) is 0 Å². The van der Waals surface area contributed by atoms with Crippen LogP contribution in [0.2, 0.25) is 0 Å². The number of hydrogen-bond acceptors (Lipinski definition) is 1. The maximum Gasteiger partial charge on any atom is 0.248 e. The van der Waals surface area contributed by atoms with Crippen LogP contribution >= 0.6 is 0 Å². The summed E-state index contributed by atoms with van der Waals surface area (Å²) >= 11 is 0. The molecule has 1 nitrogen and oxygen atoms in total. The second kappa shape index (κ2) is 4.77. The zero-order chi connectivity index (χ0) is 10.7. The molecule has 2 rings (SSSR count). The normalized spacial score (nSPS) is 33.6. The number of hydrogen-bond donors (Lipinski definition) is 1. The fraction of sp³-hybridized carbons (Fsp3) is 1.00. The molecular weight excluding hydrogens is 196 g/mol. The van der Waals surface area contributed by atoms with E-state index in [4.69, 9.17) is 0 Å². The molecule has 1 unspecified atom stereocenters. The zero-order valence-corrected chi connectivity index (χ0v) is 9.27. The van der Waals surface area contributed by atoms with Crippen molar-refractivity contribution in [3.8, 4) is 0 Å². The van der Waals surface area contributed by atoms with Gasteiger partial charge in [-0.3, -0.25) is 0 Å². The Kier molecular flexibility index (Phi) is 3.60. The highest BCUT2D eigenvalue weighted by Gasteiger charge is 2.37. The Bertz CT molecular complexity index is 188. The molecule has 1 aliphatic carbocycles. The van der Waals surface area contributed by atoms with Crippen LogP contribution in [0.1, 0.15) is 51.4 Å². The summed E-state index contributed by atoms with van der Waals surface area (Å²) in [5, 5.41) is 3.53. The summed E-state index contributed by atoms with van der Waals surface area (Å²) in [4.78, 5) is 0. The Morgan fingerprint density at radius 3 is 2.40 bits per heavy atom. The van der Waals surface area contributed by atoms with Crippen molar-refractivity contribution in [3.05, 3.63) is 0 Å². The molecule has 88 valence electrons. The lowest BCUT2D eigenvalue weighted by molar-refractivity contribution is -0.0496. The Morgan fingerprint density at radius 1 is 0.933 bits per heavy atom. The number of halogens is 2. The van der Waals surface area contributed by atoms with E-state index in [-0.39, 0.29) is 12.8 Å². The van der Waals surface area contributed by atoms with Crippen LogP contribution in [-0.4, -0.2) is 18.5 Å². The topological polar surface area (TPSA) is 12.0 Å². The van der Waals surface area contributed by atoms with Crippen molar-refractivity contribution in [2.24, 2.45) is 5.92 Å². The Balaban J connectivity index is 1.83. The highest BCUT2D eigenvalue weighted by molar-refractivity contribution is 4.85. The van der Waals surface area contributed by atoms with Crippen molar-refractivity contribution >= 4 is 0 Å². The standard InChI is InChI=1S/C12H21F2N/c13-12(14)7-5-10(6-8-12)11-4-2-1-3-9-15-11/h10-11,15H,1-9H2. The molecule has 0 aromatic carbocycles. The fourth-order valence-electron chi connectivity index (χ4n) is 2.92. The van der Waals surface area contributed by atoms with Gasteiger partial charge < -0.3 is 5.32 Å². The molecule has 15 heavy (non-hydrogen) atoms. The van der Waals surface area contributed by atoms with E-state index in [0.29, 0.717) is 24.8 Å². The first-order chi connectivity index (χ1) is 7.17. The molecule has 2 aliphatic rings. The Labute approximate surface area is 90.6 Å². The van der Waals surface area contributed by atoms with Gasteiger partial charge >= 0.3 is 0 Å². The van der Waals surface area contributed by atoms with Gasteiger partial charge in [0.1, 0.15) is 0 Å². The van der Waals surface area contributed by atoms with Gasteiger partial charge in [0, 0.05) is 18.9 Å². The maximum absolute atomic E-state index is 13.0. The van der Waals surface area contributed by atoms with Crippen LogP contribution in [0.25, 0.3) is 0 Å². The van der Waals surface area contributed by atoms with Gasteiger partial charge in [0.25, 0.3) is 0 Å². The third-order valence-corrected chi connectivity index (χ3v) is 3.93. The van der Waals surface area contributed by atoms with Gasteiger partial charge in [-0.2, -0.15) is 0 Å². The van der Waals surface area contributed by atoms with Crippen molar-refractivity contribution in [1.29, 1.82) is 0 Å². The molecule has 1 aliphatic heterocycles. The molecular formula is C12H21F2N. The summed E-state index contributed by atoms with van der Waals surface area (Å²) in [5.41, 5.74) is 0. The molecule has 0 aromatic heterocycles. The third kappa shape index (κ3) is 3.13. The lowest BCUT2D eigenvalue weighted by Crippen LogP contribution is -2.39.